The molecule has 0 atom stereocenters. The summed E-state index contributed by atoms with van der Waals surface area (Å²) < 4.78 is 12.3. The Kier molecular flexibility index (Phi) is 5.60. The lowest BCUT2D eigenvalue weighted by Gasteiger charge is -2.14. The number of hydrogen-bond donors (Lipinski definition) is 1. The highest BCUT2D eigenvalue weighted by Gasteiger charge is 2.19. The first-order chi connectivity index (χ1) is 16.1. The average molecular weight is 501 g/mol. The van der Waals surface area contributed by atoms with E-state index >= 15 is 0 Å². The van der Waals surface area contributed by atoms with Crippen molar-refractivity contribution in [1.29, 1.82) is 0 Å². The lowest BCUT2D eigenvalue weighted by atomic mass is 10.0. The SMILES string of the molecule is CCc1ccc2oc(-c3cccc(NC(=O)c4cc5ccccc5c(Br)c4OC)c3)nc2c1. The first-order valence-corrected chi connectivity index (χ1v) is 11.4. The Balaban J connectivity index is 1.47. The van der Waals surface area contributed by atoms with Gasteiger partial charge < -0.3 is 14.5 Å². The Morgan fingerprint density at radius 2 is 1.91 bits per heavy atom. The Labute approximate surface area is 199 Å². The maximum Gasteiger partial charge on any atom is 0.259 e. The van der Waals surface area contributed by atoms with Crippen molar-refractivity contribution in [2.24, 2.45) is 0 Å². The number of aromatic nitrogens is 1. The monoisotopic (exact) mass is 500 g/mol. The number of aryl methyl sites for hydroxylation is 1. The summed E-state index contributed by atoms with van der Waals surface area (Å²) in [5, 5.41) is 4.91. The number of rotatable bonds is 5. The molecule has 1 aromatic heterocycles. The third kappa shape index (κ3) is 3.98. The number of amides is 1. The molecule has 0 saturated carbocycles. The summed E-state index contributed by atoms with van der Waals surface area (Å²) in [6.45, 7) is 2.11. The zero-order valence-electron chi connectivity index (χ0n) is 18.2. The lowest BCUT2D eigenvalue weighted by Crippen LogP contribution is -2.13. The van der Waals surface area contributed by atoms with Crippen LogP contribution in [0.1, 0.15) is 22.8 Å². The van der Waals surface area contributed by atoms with Crippen molar-refractivity contribution in [1.82, 2.24) is 4.98 Å². The Morgan fingerprint density at radius 1 is 1.06 bits per heavy atom. The number of fused-ring (bicyclic) bond motifs is 2. The third-order valence-corrected chi connectivity index (χ3v) is 6.40. The molecular weight excluding hydrogens is 480 g/mol. The molecule has 0 aliphatic carbocycles. The molecule has 0 aliphatic rings. The first kappa shape index (κ1) is 21.2. The van der Waals surface area contributed by atoms with Crippen LogP contribution in [0.3, 0.4) is 0 Å². The second kappa shape index (κ2) is 8.71. The van der Waals surface area contributed by atoms with Crippen molar-refractivity contribution in [3.8, 4) is 17.2 Å². The van der Waals surface area contributed by atoms with Crippen LogP contribution in [-0.4, -0.2) is 18.0 Å². The van der Waals surface area contributed by atoms with Gasteiger partial charge in [-0.1, -0.05) is 43.3 Å². The summed E-state index contributed by atoms with van der Waals surface area (Å²) >= 11 is 3.59. The lowest BCUT2D eigenvalue weighted by molar-refractivity contribution is 0.102. The number of benzene rings is 4. The maximum absolute atomic E-state index is 13.2. The van der Waals surface area contributed by atoms with Crippen LogP contribution in [0.4, 0.5) is 5.69 Å². The number of hydrogen-bond acceptors (Lipinski definition) is 4. The van der Waals surface area contributed by atoms with Gasteiger partial charge in [-0.15, -0.1) is 0 Å². The fourth-order valence-corrected chi connectivity index (χ4v) is 4.63. The van der Waals surface area contributed by atoms with Crippen LogP contribution in [0, 0.1) is 0 Å². The van der Waals surface area contributed by atoms with Crippen LogP contribution < -0.4 is 10.1 Å². The number of nitrogens with zero attached hydrogens (tertiary/aromatic N) is 1. The number of methoxy groups -OCH3 is 1. The van der Waals surface area contributed by atoms with E-state index in [1.54, 1.807) is 7.11 Å². The van der Waals surface area contributed by atoms with Crippen molar-refractivity contribution in [3.63, 3.8) is 0 Å². The summed E-state index contributed by atoms with van der Waals surface area (Å²) in [4.78, 5) is 17.8. The van der Waals surface area contributed by atoms with Crippen molar-refractivity contribution in [3.05, 3.63) is 88.4 Å². The number of oxazole rings is 1. The van der Waals surface area contributed by atoms with Crippen LogP contribution in [0.15, 0.2) is 81.7 Å². The molecule has 0 aliphatic heterocycles. The van der Waals surface area contributed by atoms with Crippen LogP contribution >= 0.6 is 15.9 Å². The van der Waals surface area contributed by atoms with E-state index in [1.165, 1.54) is 5.56 Å². The van der Waals surface area contributed by atoms with Gasteiger partial charge in [0.05, 0.1) is 17.1 Å². The fourth-order valence-electron chi connectivity index (χ4n) is 3.90. The highest BCUT2D eigenvalue weighted by atomic mass is 79.9. The van der Waals surface area contributed by atoms with E-state index in [1.807, 2.05) is 72.8 Å². The zero-order chi connectivity index (χ0) is 22.9. The van der Waals surface area contributed by atoms with E-state index in [9.17, 15) is 4.79 Å². The smallest absolute Gasteiger partial charge is 0.259 e. The normalized spacial score (nSPS) is 11.1. The number of nitrogens with one attached hydrogen (secondary N) is 1. The van der Waals surface area contributed by atoms with Gasteiger partial charge in [-0.2, -0.15) is 0 Å². The quantitative estimate of drug-likeness (QED) is 0.276. The van der Waals surface area contributed by atoms with E-state index in [2.05, 4.69) is 33.2 Å². The standard InChI is InChI=1S/C27H21BrN2O3/c1-3-16-11-12-23-22(13-16)30-27(33-23)18-8-6-9-19(14-18)29-26(31)21-15-17-7-4-5-10-20(17)24(28)25(21)32-2/h4-15H,3H2,1-2H3,(H,29,31). The Morgan fingerprint density at radius 3 is 2.73 bits per heavy atom. The van der Waals surface area contributed by atoms with Crippen LogP contribution in [-0.2, 0) is 6.42 Å². The van der Waals surface area contributed by atoms with E-state index in [4.69, 9.17) is 9.15 Å². The number of carbonyl (C=O) groups excluding carboxylic acids is 1. The predicted octanol–water partition coefficient (Wildman–Crippen LogP) is 7.23. The highest BCUT2D eigenvalue weighted by Crippen LogP contribution is 2.37. The minimum absolute atomic E-state index is 0.263. The summed E-state index contributed by atoms with van der Waals surface area (Å²) in [6.07, 6.45) is 0.938. The molecule has 0 saturated heterocycles. The van der Waals surface area contributed by atoms with E-state index in [0.717, 1.165) is 38.3 Å². The second-order valence-corrected chi connectivity index (χ2v) is 8.50. The molecule has 5 rings (SSSR count). The topological polar surface area (TPSA) is 64.4 Å². The van der Waals surface area contributed by atoms with Gasteiger partial charge in [0.15, 0.2) is 5.58 Å². The van der Waals surface area contributed by atoms with Gasteiger partial charge in [0, 0.05) is 11.3 Å². The van der Waals surface area contributed by atoms with Crippen molar-refractivity contribution in [2.75, 3.05) is 12.4 Å². The second-order valence-electron chi connectivity index (χ2n) is 7.70. The molecule has 0 bridgehead atoms. The summed E-state index contributed by atoms with van der Waals surface area (Å²) in [5.74, 6) is 0.744. The molecule has 5 aromatic rings. The van der Waals surface area contributed by atoms with E-state index < -0.39 is 0 Å². The number of carbonyl (C=O) groups is 1. The van der Waals surface area contributed by atoms with Gasteiger partial charge in [-0.05, 0) is 75.1 Å². The number of anilines is 1. The van der Waals surface area contributed by atoms with E-state index in [-0.39, 0.29) is 5.91 Å². The maximum atomic E-state index is 13.2. The van der Waals surface area contributed by atoms with Gasteiger partial charge in [0.1, 0.15) is 11.3 Å². The molecule has 1 heterocycles. The van der Waals surface area contributed by atoms with Crippen LogP contribution in [0.25, 0.3) is 33.3 Å². The summed E-state index contributed by atoms with van der Waals surface area (Å²) in [6, 6.07) is 23.2. The number of ether oxygens (including phenoxy) is 1. The van der Waals surface area contributed by atoms with Gasteiger partial charge in [-0.3, -0.25) is 4.79 Å². The zero-order valence-corrected chi connectivity index (χ0v) is 19.8. The van der Waals surface area contributed by atoms with Crippen molar-refractivity contribution < 1.29 is 13.9 Å². The fraction of sp³-hybridized carbons (Fsp3) is 0.111. The molecule has 0 radical (unpaired) electrons. The summed E-state index contributed by atoms with van der Waals surface area (Å²) in [5.41, 5.74) is 4.64. The molecule has 164 valence electrons. The molecule has 1 amide bonds. The van der Waals surface area contributed by atoms with Gasteiger partial charge in [0.25, 0.3) is 5.91 Å². The third-order valence-electron chi connectivity index (χ3n) is 5.62. The minimum Gasteiger partial charge on any atom is -0.495 e. The average Bonchev–Trinajstić information content (AvgIpc) is 3.27. The molecule has 0 spiro atoms. The molecule has 4 aromatic carbocycles. The minimum atomic E-state index is -0.263. The molecule has 33 heavy (non-hydrogen) atoms. The largest absolute Gasteiger partial charge is 0.495 e. The molecule has 5 nitrogen and oxygen atoms in total. The predicted molar refractivity (Wildman–Crippen MR) is 135 cm³/mol. The van der Waals surface area contributed by atoms with E-state index in [0.29, 0.717) is 22.9 Å². The molecule has 0 fully saturated rings. The molecule has 1 N–H and O–H groups in total. The molecular formula is C27H21BrN2O3. The first-order valence-electron chi connectivity index (χ1n) is 10.6. The van der Waals surface area contributed by atoms with Crippen molar-refractivity contribution >= 4 is 49.4 Å². The van der Waals surface area contributed by atoms with Crippen LogP contribution in [0.2, 0.25) is 0 Å². The Bertz CT molecular complexity index is 1510. The molecule has 0 unspecified atom stereocenters. The van der Waals surface area contributed by atoms with Gasteiger partial charge in [0.2, 0.25) is 5.89 Å². The molecule has 6 heteroatoms. The number of halogens is 1. The van der Waals surface area contributed by atoms with Crippen molar-refractivity contribution in [2.45, 2.75) is 13.3 Å². The Hall–Kier alpha value is -3.64. The highest BCUT2D eigenvalue weighted by molar-refractivity contribution is 9.10. The van der Waals surface area contributed by atoms with Gasteiger partial charge >= 0.3 is 0 Å². The van der Waals surface area contributed by atoms with Gasteiger partial charge in [-0.25, -0.2) is 4.98 Å². The summed E-state index contributed by atoms with van der Waals surface area (Å²) in [7, 11) is 1.56. The van der Waals surface area contributed by atoms with Crippen LogP contribution in [0.5, 0.6) is 5.75 Å².